The van der Waals surface area contributed by atoms with Gasteiger partial charge >= 0.3 is 5.97 Å². The normalized spacial score (nSPS) is 15.3. The topological polar surface area (TPSA) is 61.6 Å². The third-order valence-electron chi connectivity index (χ3n) is 4.82. The summed E-state index contributed by atoms with van der Waals surface area (Å²) in [7, 11) is -0.369. The Morgan fingerprint density at radius 3 is 2.43 bits per heavy atom. The van der Waals surface area contributed by atoms with Crippen LogP contribution in [0.1, 0.15) is 51.5 Å². The average molecular weight is 342 g/mol. The molecule has 0 fully saturated rings. The Labute approximate surface area is 140 Å². The van der Waals surface area contributed by atoms with Gasteiger partial charge in [0.25, 0.3) is 0 Å². The van der Waals surface area contributed by atoms with Gasteiger partial charge in [0.2, 0.25) is 0 Å². The number of nitrogens with zero attached hydrogens (tertiary/aromatic N) is 1. The van der Waals surface area contributed by atoms with Crippen LogP contribution >= 0.6 is 0 Å². The largest absolute Gasteiger partial charge is 0.468 e. The van der Waals surface area contributed by atoms with Crippen LogP contribution < -0.4 is 0 Å². The maximum atomic E-state index is 12.1. The number of aromatic nitrogens is 1. The quantitative estimate of drug-likeness (QED) is 0.547. The molecular formula is C17H31NO4Si. The highest BCUT2D eigenvalue weighted by atomic mass is 28.4. The lowest BCUT2D eigenvalue weighted by Gasteiger charge is -2.36. The molecule has 0 saturated heterocycles. The predicted molar refractivity (Wildman–Crippen MR) is 92.9 cm³/mol. The van der Waals surface area contributed by atoms with Gasteiger partial charge in [-0.1, -0.05) is 32.9 Å². The van der Waals surface area contributed by atoms with Crippen LogP contribution in [0.25, 0.3) is 0 Å². The van der Waals surface area contributed by atoms with Crippen molar-refractivity contribution in [1.29, 1.82) is 0 Å². The first-order valence-electron chi connectivity index (χ1n) is 8.14. The molecule has 2 unspecified atom stereocenters. The summed E-state index contributed by atoms with van der Waals surface area (Å²) in [6.45, 7) is 15.6. The molecule has 1 aromatic rings. The molecule has 0 aliphatic heterocycles. The lowest BCUT2D eigenvalue weighted by Crippen LogP contribution is -2.41. The Morgan fingerprint density at radius 2 is 2.00 bits per heavy atom. The average Bonchev–Trinajstić information content (AvgIpc) is 2.83. The molecule has 5 nitrogen and oxygen atoms in total. The number of carbonyl (C=O) groups excluding carboxylic acids is 1. The summed E-state index contributed by atoms with van der Waals surface area (Å²) >= 11 is 0. The fourth-order valence-corrected chi connectivity index (χ4v) is 3.23. The fraction of sp³-hybridized carbons (Fsp3) is 0.765. The van der Waals surface area contributed by atoms with Gasteiger partial charge in [-0.3, -0.25) is 4.79 Å². The number of carbonyl (C=O) groups is 1. The van der Waals surface area contributed by atoms with E-state index in [0.717, 1.165) is 12.1 Å². The molecule has 6 heteroatoms. The summed E-state index contributed by atoms with van der Waals surface area (Å²) in [6.07, 6.45) is 0.770. The molecule has 0 saturated carbocycles. The summed E-state index contributed by atoms with van der Waals surface area (Å²) in [6, 6.07) is 1.80. The second-order valence-corrected chi connectivity index (χ2v) is 12.6. The Bertz CT molecular complexity index is 519. The van der Waals surface area contributed by atoms with Gasteiger partial charge in [0, 0.05) is 12.7 Å². The molecule has 132 valence electrons. The Hall–Kier alpha value is -1.14. The maximum Gasteiger partial charge on any atom is 0.316 e. The number of methoxy groups -OCH3 is 1. The van der Waals surface area contributed by atoms with Crippen LogP contribution in [0.2, 0.25) is 18.1 Å². The zero-order valence-corrected chi connectivity index (χ0v) is 16.7. The van der Waals surface area contributed by atoms with E-state index >= 15 is 0 Å². The van der Waals surface area contributed by atoms with E-state index in [0.29, 0.717) is 12.4 Å². The molecule has 23 heavy (non-hydrogen) atoms. The molecule has 1 heterocycles. The zero-order valence-electron chi connectivity index (χ0n) is 15.7. The van der Waals surface area contributed by atoms with Crippen molar-refractivity contribution < 1.29 is 18.5 Å². The van der Waals surface area contributed by atoms with Crippen molar-refractivity contribution in [2.24, 2.45) is 5.92 Å². The molecule has 0 aromatic carbocycles. The molecule has 0 aliphatic carbocycles. The minimum absolute atomic E-state index is 0.0552. The van der Waals surface area contributed by atoms with Gasteiger partial charge in [-0.2, -0.15) is 0 Å². The van der Waals surface area contributed by atoms with Gasteiger partial charge in [0.15, 0.2) is 14.1 Å². The van der Waals surface area contributed by atoms with Crippen molar-refractivity contribution in [2.75, 3.05) is 13.7 Å². The summed E-state index contributed by atoms with van der Waals surface area (Å²) in [5.74, 6) is -0.112. The second-order valence-electron chi connectivity index (χ2n) is 7.75. The molecule has 2 atom stereocenters. The van der Waals surface area contributed by atoms with Crippen LogP contribution in [0.5, 0.6) is 0 Å². The number of rotatable bonds is 7. The van der Waals surface area contributed by atoms with E-state index in [1.54, 1.807) is 6.07 Å². The van der Waals surface area contributed by atoms with E-state index in [-0.39, 0.29) is 16.9 Å². The summed E-state index contributed by atoms with van der Waals surface area (Å²) in [5, 5.41) is 4.06. The fourth-order valence-electron chi connectivity index (χ4n) is 2.17. The number of esters is 1. The Kier molecular flexibility index (Phi) is 6.59. The number of aryl methyl sites for hydroxylation is 1. The smallest absolute Gasteiger partial charge is 0.316 e. The first-order chi connectivity index (χ1) is 10.5. The van der Waals surface area contributed by atoms with E-state index in [9.17, 15) is 4.79 Å². The van der Waals surface area contributed by atoms with E-state index in [1.165, 1.54) is 7.11 Å². The van der Waals surface area contributed by atoms with E-state index in [4.69, 9.17) is 13.7 Å². The van der Waals surface area contributed by atoms with Crippen LogP contribution in [0.15, 0.2) is 10.6 Å². The standard InChI is InChI=1S/C17H31NO4Si/c1-12(9-10-21-23(7,8)17(3,4)5)15(16(19)20-6)14-11-13(2)18-22-14/h11-12,15H,9-10H2,1-8H3. The molecule has 0 N–H and O–H groups in total. The van der Waals surface area contributed by atoms with Crippen LogP contribution in [0, 0.1) is 12.8 Å². The summed E-state index contributed by atoms with van der Waals surface area (Å²) in [4.78, 5) is 12.1. The van der Waals surface area contributed by atoms with Crippen molar-refractivity contribution in [3.8, 4) is 0 Å². The molecule has 1 aromatic heterocycles. The molecule has 0 spiro atoms. The van der Waals surface area contributed by atoms with Gasteiger partial charge in [-0.15, -0.1) is 0 Å². The third-order valence-corrected chi connectivity index (χ3v) is 9.36. The molecule has 0 amide bonds. The summed E-state index contributed by atoms with van der Waals surface area (Å²) < 4.78 is 16.4. The van der Waals surface area contributed by atoms with Crippen molar-refractivity contribution in [3.05, 3.63) is 17.5 Å². The zero-order chi connectivity index (χ0) is 17.8. The number of hydrogen-bond donors (Lipinski definition) is 0. The van der Waals surface area contributed by atoms with Crippen LogP contribution in [0.3, 0.4) is 0 Å². The van der Waals surface area contributed by atoms with Crippen LogP contribution in [-0.4, -0.2) is 33.2 Å². The Morgan fingerprint density at radius 1 is 1.39 bits per heavy atom. The second kappa shape index (κ2) is 7.62. The van der Waals surface area contributed by atoms with Gasteiger partial charge in [-0.25, -0.2) is 0 Å². The van der Waals surface area contributed by atoms with E-state index < -0.39 is 14.2 Å². The number of ether oxygens (including phenoxy) is 1. The monoisotopic (exact) mass is 341 g/mol. The molecule has 0 bridgehead atoms. The highest BCUT2D eigenvalue weighted by Gasteiger charge is 2.37. The van der Waals surface area contributed by atoms with Gasteiger partial charge < -0.3 is 13.7 Å². The lowest BCUT2D eigenvalue weighted by atomic mass is 9.89. The van der Waals surface area contributed by atoms with Crippen molar-refractivity contribution in [3.63, 3.8) is 0 Å². The SMILES string of the molecule is COC(=O)C(c1cc(C)no1)C(C)CCO[Si](C)(C)C(C)(C)C. The maximum absolute atomic E-state index is 12.1. The third kappa shape index (κ3) is 5.17. The van der Waals surface area contributed by atoms with Crippen LogP contribution in [0.4, 0.5) is 0 Å². The number of hydrogen-bond acceptors (Lipinski definition) is 5. The molecular weight excluding hydrogens is 310 g/mol. The molecule has 0 aliphatic rings. The highest BCUT2D eigenvalue weighted by Crippen LogP contribution is 2.37. The molecule has 0 radical (unpaired) electrons. The minimum atomic E-state index is -1.77. The lowest BCUT2D eigenvalue weighted by molar-refractivity contribution is -0.144. The summed E-state index contributed by atoms with van der Waals surface area (Å²) in [5.41, 5.74) is 0.763. The van der Waals surface area contributed by atoms with Gasteiger partial charge in [0.1, 0.15) is 5.92 Å². The minimum Gasteiger partial charge on any atom is -0.468 e. The van der Waals surface area contributed by atoms with Crippen molar-refractivity contribution >= 4 is 14.3 Å². The first-order valence-corrected chi connectivity index (χ1v) is 11.1. The predicted octanol–water partition coefficient (Wildman–Crippen LogP) is 4.29. The van der Waals surface area contributed by atoms with E-state index in [1.807, 2.05) is 13.8 Å². The van der Waals surface area contributed by atoms with E-state index in [2.05, 4.69) is 39.0 Å². The van der Waals surface area contributed by atoms with Crippen molar-refractivity contribution in [1.82, 2.24) is 5.16 Å². The van der Waals surface area contributed by atoms with Crippen LogP contribution in [-0.2, 0) is 14.0 Å². The first kappa shape index (κ1) is 19.9. The van der Waals surface area contributed by atoms with Crippen molar-refractivity contribution in [2.45, 2.75) is 65.1 Å². The highest BCUT2D eigenvalue weighted by molar-refractivity contribution is 6.74. The molecule has 1 rings (SSSR count). The van der Waals surface area contributed by atoms with Gasteiger partial charge in [-0.05, 0) is 37.4 Å². The Balaban J connectivity index is 2.72. The van der Waals surface area contributed by atoms with Gasteiger partial charge in [0.05, 0.1) is 12.8 Å².